The van der Waals surface area contributed by atoms with Gasteiger partial charge in [0.1, 0.15) is 96.2 Å². The Morgan fingerprint density at radius 3 is 1.99 bits per heavy atom. The van der Waals surface area contributed by atoms with E-state index in [4.69, 9.17) is 127 Å². The number of esters is 2. The van der Waals surface area contributed by atoms with Crippen LogP contribution in [0.15, 0.2) is 0 Å². The maximum Gasteiger partial charge on any atom is 0.342 e. The van der Waals surface area contributed by atoms with E-state index in [9.17, 15) is 50.1 Å². The van der Waals surface area contributed by atoms with Gasteiger partial charge < -0.3 is 140 Å². The van der Waals surface area contributed by atoms with Crippen LogP contribution in [0.2, 0.25) is 10.0 Å². The Labute approximate surface area is 544 Å². The standard InChI is InChI=1S/C59H84Cl2O32/c1-13-31(65)82-48-45-30(90-59(91-45)51-50(76-19-77-51)58(71,25(7)62)26(8)89-59)18-75-54(48)87-55-47(74-12)39(68)44(29(81-55)17-72-10)86-53-40(69)46(43(73-11)22(4)80-53)84-33-16-56(9)49(24(6)79-33)92-57(93-56)15-28(64)42(23(5)88-57)83-32-14-27(63)41(21(3)78-32)85-52(70)34-20(2)35(60)38(67)36(61)37(34)66/h21-24,26-30,32-33,39-51,53-55,63-64,66-69,71H,13-19H2,1-12H3/t21-,22-,23-,24-,26-,27-,28-,29-,30+,32+,33+,39+,40-,41-,42-,43+,44-,45-,46-,47+,48-,49-,50-,51-,53+,54-,55+,56-,57?,58+,59-/m1/s1. The number of aromatic hydroxyl groups is 2. The zero-order chi connectivity index (χ0) is 67.3. The molecule has 2 spiro atoms. The minimum Gasteiger partial charge on any atom is -0.505 e. The third kappa shape index (κ3) is 13.0. The van der Waals surface area contributed by atoms with Gasteiger partial charge in [0, 0.05) is 40.6 Å². The fraction of sp³-hybridized carbons (Fsp3) is 0.847. The van der Waals surface area contributed by atoms with Crippen molar-refractivity contribution in [2.24, 2.45) is 0 Å². The van der Waals surface area contributed by atoms with Crippen molar-refractivity contribution >= 4 is 40.9 Å². The summed E-state index contributed by atoms with van der Waals surface area (Å²) in [6.45, 7) is 13.2. The molecule has 11 rings (SSSR count). The Balaban J connectivity index is 0.719. The summed E-state index contributed by atoms with van der Waals surface area (Å²) in [5.41, 5.74) is -3.74. The summed E-state index contributed by atoms with van der Waals surface area (Å²) in [6, 6.07) is 0. The SMILES string of the molecule is CCC(=O)O[C@H]1[C@@H](O[C@@H]2O[C@H](COC)[C@@H](O[C@@H]3O[C@H](C)[C@H](OC)[C@H](O[C@H]4C[C@@]5(C)OC6(C[C@@H](O)[C@H](O[C@H]7C[C@@H](O)[C@H](OC(=O)c8c(C)c(Cl)c(O)c(Cl)c8O)[C@@H](C)O7)[C@@H](C)O6)O[C@@H]5[C@@H](C)O4)[C@H]3O)[C@H](O)[C@@H]2OC)OC[C@@H]2O[C@]3(O[C@@H]12)O[C@H](C)[C@@](O)(C(C)=O)[C@@H]1OCO[C@H]13. The van der Waals surface area contributed by atoms with E-state index in [1.54, 1.807) is 34.6 Å². The summed E-state index contributed by atoms with van der Waals surface area (Å²) in [7, 11) is 4.09. The van der Waals surface area contributed by atoms with Gasteiger partial charge in [0.2, 0.25) is 6.29 Å². The van der Waals surface area contributed by atoms with Gasteiger partial charge in [-0.2, -0.15) is 0 Å². The number of aliphatic hydroxyl groups excluding tert-OH is 4. The fourth-order valence-corrected chi connectivity index (χ4v) is 14.8. The molecule has 93 heavy (non-hydrogen) atoms. The van der Waals surface area contributed by atoms with Crippen LogP contribution in [-0.4, -0.2) is 284 Å². The van der Waals surface area contributed by atoms with E-state index in [1.165, 1.54) is 49.0 Å². The lowest BCUT2D eigenvalue weighted by Gasteiger charge is -2.49. The number of halogens is 2. The summed E-state index contributed by atoms with van der Waals surface area (Å²) < 4.78 is 136. The summed E-state index contributed by atoms with van der Waals surface area (Å²) in [6.07, 6.45) is -33.1. The quantitative estimate of drug-likeness (QED) is 0.104. The lowest BCUT2D eigenvalue weighted by atomic mass is 9.81. The summed E-state index contributed by atoms with van der Waals surface area (Å²) in [5, 5.41) is 78.8. The van der Waals surface area contributed by atoms with Crippen LogP contribution >= 0.6 is 23.2 Å². The molecule has 31 atom stereocenters. The zero-order valence-corrected chi connectivity index (χ0v) is 54.6. The molecule has 10 aliphatic rings. The number of aliphatic hydroxyl groups is 5. The Kier molecular flexibility index (Phi) is 21.2. The molecule has 0 amide bonds. The molecule has 0 bridgehead atoms. The second-order valence-electron chi connectivity index (χ2n) is 25.3. The number of ketones is 1. The predicted molar refractivity (Wildman–Crippen MR) is 303 cm³/mol. The van der Waals surface area contributed by atoms with Crippen molar-refractivity contribution in [3.63, 3.8) is 0 Å². The third-order valence-electron chi connectivity index (χ3n) is 19.0. The van der Waals surface area contributed by atoms with Gasteiger partial charge in [0.15, 0.2) is 66.4 Å². The lowest BCUT2D eigenvalue weighted by molar-refractivity contribution is -0.428. The fourth-order valence-electron chi connectivity index (χ4n) is 14.3. The average molecular weight is 1380 g/mol. The molecule has 10 fully saturated rings. The summed E-state index contributed by atoms with van der Waals surface area (Å²) >= 11 is 12.1. The van der Waals surface area contributed by atoms with E-state index >= 15 is 0 Å². The number of ether oxygens (including phenoxy) is 22. The highest BCUT2D eigenvalue weighted by atomic mass is 35.5. The van der Waals surface area contributed by atoms with E-state index in [0.29, 0.717) is 0 Å². The largest absolute Gasteiger partial charge is 0.505 e. The minimum atomic E-state index is -2.12. The smallest absolute Gasteiger partial charge is 0.342 e. The van der Waals surface area contributed by atoms with Gasteiger partial charge >= 0.3 is 17.9 Å². The number of rotatable bonds is 17. The highest BCUT2D eigenvalue weighted by Gasteiger charge is 2.73. The summed E-state index contributed by atoms with van der Waals surface area (Å²) in [5.74, 6) is -7.65. The van der Waals surface area contributed by atoms with Crippen LogP contribution in [0, 0.1) is 6.92 Å². The Morgan fingerprint density at radius 2 is 1.32 bits per heavy atom. The van der Waals surface area contributed by atoms with Crippen LogP contribution in [0.3, 0.4) is 0 Å². The molecule has 32 nitrogen and oxygen atoms in total. The van der Waals surface area contributed by atoms with E-state index in [2.05, 4.69) is 0 Å². The van der Waals surface area contributed by atoms with Gasteiger partial charge in [-0.3, -0.25) is 9.59 Å². The first-order chi connectivity index (χ1) is 44.0. The number of phenolic OH excluding ortho intramolecular Hbond substituents is 2. The maximum absolute atomic E-state index is 13.3. The normalized spacial score (nSPS) is 48.1. The molecule has 1 aromatic carbocycles. The molecule has 34 heteroatoms. The number of phenols is 2. The molecular formula is C59H84Cl2O32. The number of benzene rings is 1. The second-order valence-corrected chi connectivity index (χ2v) is 26.0. The topological polar surface area (TPSA) is 396 Å². The molecule has 7 N–H and O–H groups in total. The first kappa shape index (κ1) is 71.3. The molecule has 10 heterocycles. The molecular weight excluding hydrogens is 1290 g/mol. The number of Topliss-reactive ketones (excluding diaryl/α,β-unsaturated/α-hetero) is 1. The van der Waals surface area contributed by atoms with Gasteiger partial charge in [0.25, 0.3) is 5.97 Å². The van der Waals surface area contributed by atoms with Crippen LogP contribution in [0.5, 0.6) is 11.5 Å². The number of carbonyl (C=O) groups is 3. The van der Waals surface area contributed by atoms with Crippen LogP contribution < -0.4 is 0 Å². The van der Waals surface area contributed by atoms with Crippen molar-refractivity contribution < 1.29 is 154 Å². The van der Waals surface area contributed by atoms with Gasteiger partial charge in [-0.1, -0.05) is 30.1 Å². The molecule has 1 aromatic rings. The van der Waals surface area contributed by atoms with Crippen LogP contribution in [0.1, 0.15) is 97.0 Å². The van der Waals surface area contributed by atoms with Crippen LogP contribution in [0.4, 0.5) is 0 Å². The van der Waals surface area contributed by atoms with E-state index < -0.39 is 229 Å². The van der Waals surface area contributed by atoms with E-state index in [1.807, 2.05) is 0 Å². The molecule has 1 unspecified atom stereocenters. The molecule has 526 valence electrons. The molecule has 10 aliphatic heterocycles. The average Bonchev–Trinajstić information content (AvgIpc) is 1.59. The minimum absolute atomic E-state index is 0.00315. The molecule has 0 radical (unpaired) electrons. The van der Waals surface area contributed by atoms with E-state index in [0.717, 1.165) is 0 Å². The van der Waals surface area contributed by atoms with Crippen molar-refractivity contribution in [1.29, 1.82) is 0 Å². The van der Waals surface area contributed by atoms with Crippen LogP contribution in [-0.2, 0) is 114 Å². The zero-order valence-electron chi connectivity index (χ0n) is 53.1. The number of methoxy groups -OCH3 is 3. The molecule has 10 saturated heterocycles. The number of hydrogen-bond donors (Lipinski definition) is 7. The first-order valence-corrected chi connectivity index (χ1v) is 31.7. The monoisotopic (exact) mass is 1370 g/mol. The first-order valence-electron chi connectivity index (χ1n) is 30.9. The third-order valence-corrected chi connectivity index (χ3v) is 19.9. The van der Waals surface area contributed by atoms with Crippen molar-refractivity contribution in [3.8, 4) is 11.5 Å². The van der Waals surface area contributed by atoms with Crippen LogP contribution in [0.25, 0.3) is 0 Å². The van der Waals surface area contributed by atoms with Crippen molar-refractivity contribution in [3.05, 3.63) is 21.2 Å². The second kappa shape index (κ2) is 27.6. The molecule has 0 aliphatic carbocycles. The van der Waals surface area contributed by atoms with Gasteiger partial charge in [-0.05, 0) is 61.0 Å². The predicted octanol–water partition coefficient (Wildman–Crippen LogP) is 0.503. The summed E-state index contributed by atoms with van der Waals surface area (Å²) in [4.78, 5) is 39.2. The number of carbonyl (C=O) groups excluding carboxylic acids is 3. The molecule has 0 aromatic heterocycles. The van der Waals surface area contributed by atoms with Gasteiger partial charge in [-0.15, -0.1) is 0 Å². The van der Waals surface area contributed by atoms with Gasteiger partial charge in [0.05, 0.1) is 67.4 Å². The number of fused-ring (bicyclic) bond motifs is 4. The molecule has 0 saturated carbocycles. The highest BCUT2D eigenvalue weighted by molar-refractivity contribution is 6.39. The lowest BCUT2D eigenvalue weighted by Crippen LogP contribution is -2.72. The maximum atomic E-state index is 13.3. The Hall–Kier alpha value is -2.99. The Bertz CT molecular complexity index is 2810. The van der Waals surface area contributed by atoms with Gasteiger partial charge in [-0.25, -0.2) is 4.79 Å². The Morgan fingerprint density at radius 1 is 0.634 bits per heavy atom. The highest BCUT2D eigenvalue weighted by Crippen LogP contribution is 2.53. The van der Waals surface area contributed by atoms with Crippen molar-refractivity contribution in [2.45, 2.75) is 277 Å². The van der Waals surface area contributed by atoms with Crippen molar-refractivity contribution in [1.82, 2.24) is 0 Å². The van der Waals surface area contributed by atoms with E-state index in [-0.39, 0.29) is 56.3 Å². The number of hydrogen-bond acceptors (Lipinski definition) is 32. The van der Waals surface area contributed by atoms with Crippen molar-refractivity contribution in [2.75, 3.05) is 41.3 Å².